The Balaban J connectivity index is 2.55. The second-order valence-electron chi connectivity index (χ2n) is 3.04. The van der Waals surface area contributed by atoms with Crippen molar-refractivity contribution in [2.75, 3.05) is 6.54 Å². The van der Waals surface area contributed by atoms with Crippen molar-refractivity contribution < 1.29 is 0 Å². The number of hydrogen-bond acceptors (Lipinski definition) is 1. The molecule has 0 fully saturated rings. The van der Waals surface area contributed by atoms with E-state index in [1.807, 2.05) is 0 Å². The maximum Gasteiger partial charge on any atom is -0.00368 e. The molecule has 0 radical (unpaired) electrons. The average Bonchev–Trinajstić information content (AvgIpc) is 2.19. The molecule has 0 atom stereocenters. The molecule has 0 saturated carbocycles. The first-order valence-corrected chi connectivity index (χ1v) is 4.66. The summed E-state index contributed by atoms with van der Waals surface area (Å²) in [7, 11) is 0. The molecule has 0 aliphatic heterocycles. The molecule has 66 valence electrons. The average molecular weight is 163 g/mol. The van der Waals surface area contributed by atoms with Crippen LogP contribution in [-0.4, -0.2) is 6.54 Å². The monoisotopic (exact) mass is 163 g/mol. The van der Waals surface area contributed by atoms with Crippen LogP contribution >= 0.6 is 0 Å². The van der Waals surface area contributed by atoms with E-state index in [2.05, 4.69) is 30.4 Å². The lowest BCUT2D eigenvalue weighted by atomic mass is 10.1. The van der Waals surface area contributed by atoms with Gasteiger partial charge in [-0.3, -0.25) is 0 Å². The van der Waals surface area contributed by atoms with Gasteiger partial charge in [-0.2, -0.15) is 0 Å². The summed E-state index contributed by atoms with van der Waals surface area (Å²) in [6.45, 7) is 0.750. The van der Waals surface area contributed by atoms with E-state index in [4.69, 9.17) is 5.73 Å². The summed E-state index contributed by atoms with van der Waals surface area (Å²) < 4.78 is 0. The topological polar surface area (TPSA) is 26.0 Å². The quantitative estimate of drug-likeness (QED) is 0.665. The standard InChI is InChI=1S/C11H17N/c12-10-9-11-7-5-3-1-2-4-6-8-11/h1,3,5,7-8H,2,4,6,9-10,12H2. The summed E-state index contributed by atoms with van der Waals surface area (Å²) in [6.07, 6.45) is 15.5. The van der Waals surface area contributed by atoms with Gasteiger partial charge in [0.05, 0.1) is 0 Å². The van der Waals surface area contributed by atoms with Crippen LogP contribution in [0.5, 0.6) is 0 Å². The number of rotatable bonds is 2. The molecule has 1 aliphatic carbocycles. The molecule has 0 heterocycles. The molecule has 0 amide bonds. The van der Waals surface area contributed by atoms with Gasteiger partial charge in [-0.15, -0.1) is 0 Å². The van der Waals surface area contributed by atoms with Crippen molar-refractivity contribution >= 4 is 0 Å². The van der Waals surface area contributed by atoms with Gasteiger partial charge in [0.1, 0.15) is 0 Å². The van der Waals surface area contributed by atoms with Gasteiger partial charge in [0.25, 0.3) is 0 Å². The van der Waals surface area contributed by atoms with Crippen molar-refractivity contribution in [3.05, 3.63) is 36.0 Å². The Morgan fingerprint density at radius 3 is 3.00 bits per heavy atom. The van der Waals surface area contributed by atoms with E-state index in [9.17, 15) is 0 Å². The fourth-order valence-corrected chi connectivity index (χ4v) is 1.30. The zero-order valence-corrected chi connectivity index (χ0v) is 7.50. The van der Waals surface area contributed by atoms with Crippen LogP contribution in [0, 0.1) is 0 Å². The van der Waals surface area contributed by atoms with Gasteiger partial charge < -0.3 is 5.73 Å². The van der Waals surface area contributed by atoms with Crippen LogP contribution in [0.1, 0.15) is 25.7 Å². The molecule has 0 spiro atoms. The fraction of sp³-hybridized carbons (Fsp3) is 0.455. The highest BCUT2D eigenvalue weighted by atomic mass is 14.5. The van der Waals surface area contributed by atoms with Crippen LogP contribution in [-0.2, 0) is 0 Å². The highest BCUT2D eigenvalue weighted by molar-refractivity contribution is 5.23. The minimum absolute atomic E-state index is 0.750. The van der Waals surface area contributed by atoms with E-state index >= 15 is 0 Å². The van der Waals surface area contributed by atoms with Gasteiger partial charge in [-0.25, -0.2) is 0 Å². The van der Waals surface area contributed by atoms with Crippen LogP contribution in [0.3, 0.4) is 0 Å². The molecule has 0 aromatic heterocycles. The first kappa shape index (κ1) is 9.27. The zero-order chi connectivity index (χ0) is 8.65. The summed E-state index contributed by atoms with van der Waals surface area (Å²) >= 11 is 0. The molecule has 2 N–H and O–H groups in total. The highest BCUT2D eigenvalue weighted by Gasteiger charge is 1.91. The first-order chi connectivity index (χ1) is 5.93. The zero-order valence-electron chi connectivity index (χ0n) is 7.50. The second kappa shape index (κ2) is 5.78. The van der Waals surface area contributed by atoms with Crippen molar-refractivity contribution in [3.8, 4) is 0 Å². The predicted molar refractivity (Wildman–Crippen MR) is 53.9 cm³/mol. The van der Waals surface area contributed by atoms with Crippen molar-refractivity contribution in [1.29, 1.82) is 0 Å². The third kappa shape index (κ3) is 3.54. The van der Waals surface area contributed by atoms with Crippen molar-refractivity contribution in [2.24, 2.45) is 5.73 Å². The van der Waals surface area contributed by atoms with Gasteiger partial charge in [0, 0.05) is 0 Å². The molecule has 1 aliphatic rings. The lowest BCUT2D eigenvalue weighted by Gasteiger charge is -1.98. The van der Waals surface area contributed by atoms with Crippen molar-refractivity contribution in [3.63, 3.8) is 0 Å². The summed E-state index contributed by atoms with van der Waals surface area (Å²) in [5.74, 6) is 0. The van der Waals surface area contributed by atoms with Crippen LogP contribution in [0.15, 0.2) is 36.0 Å². The Labute approximate surface area is 74.7 Å². The van der Waals surface area contributed by atoms with Gasteiger partial charge in [0.15, 0.2) is 0 Å². The van der Waals surface area contributed by atoms with Gasteiger partial charge >= 0.3 is 0 Å². The van der Waals surface area contributed by atoms with E-state index in [0.29, 0.717) is 0 Å². The molecule has 0 aromatic rings. The molecule has 1 rings (SSSR count). The molecule has 1 heteroatoms. The van der Waals surface area contributed by atoms with E-state index in [1.165, 1.54) is 24.8 Å². The third-order valence-corrected chi connectivity index (χ3v) is 1.97. The van der Waals surface area contributed by atoms with E-state index in [0.717, 1.165) is 13.0 Å². The predicted octanol–water partition coefficient (Wildman–Crippen LogP) is 2.56. The highest BCUT2D eigenvalue weighted by Crippen LogP contribution is 2.09. The minimum atomic E-state index is 0.750. The van der Waals surface area contributed by atoms with Crippen molar-refractivity contribution in [2.45, 2.75) is 25.7 Å². The molecule has 0 aromatic carbocycles. The third-order valence-electron chi connectivity index (χ3n) is 1.97. The minimum Gasteiger partial charge on any atom is -0.330 e. The smallest absolute Gasteiger partial charge is 0.00368 e. The lowest BCUT2D eigenvalue weighted by Crippen LogP contribution is -1.98. The summed E-state index contributed by atoms with van der Waals surface area (Å²) in [4.78, 5) is 0. The van der Waals surface area contributed by atoms with Crippen LogP contribution in [0.2, 0.25) is 0 Å². The van der Waals surface area contributed by atoms with E-state index in [-0.39, 0.29) is 0 Å². The largest absolute Gasteiger partial charge is 0.330 e. The number of nitrogens with two attached hydrogens (primary N) is 1. The second-order valence-corrected chi connectivity index (χ2v) is 3.04. The number of hydrogen-bond donors (Lipinski definition) is 1. The molecule has 1 nitrogen and oxygen atoms in total. The Morgan fingerprint density at radius 2 is 2.17 bits per heavy atom. The van der Waals surface area contributed by atoms with Gasteiger partial charge in [0.2, 0.25) is 0 Å². The fourth-order valence-electron chi connectivity index (χ4n) is 1.30. The Morgan fingerprint density at radius 1 is 1.25 bits per heavy atom. The Hall–Kier alpha value is -0.820. The molecule has 0 unspecified atom stereocenters. The van der Waals surface area contributed by atoms with Gasteiger partial charge in [-0.1, -0.05) is 36.0 Å². The summed E-state index contributed by atoms with van der Waals surface area (Å²) in [6, 6.07) is 0. The normalized spacial score (nSPS) is 17.9. The van der Waals surface area contributed by atoms with Crippen LogP contribution in [0.4, 0.5) is 0 Å². The van der Waals surface area contributed by atoms with Crippen LogP contribution < -0.4 is 5.73 Å². The number of allylic oxidation sites excluding steroid dienone is 5. The molecule has 0 saturated heterocycles. The summed E-state index contributed by atoms with van der Waals surface area (Å²) in [5, 5.41) is 0. The van der Waals surface area contributed by atoms with Crippen LogP contribution in [0.25, 0.3) is 0 Å². The molecular weight excluding hydrogens is 146 g/mol. The Bertz CT molecular complexity index is 199. The summed E-state index contributed by atoms with van der Waals surface area (Å²) in [5.41, 5.74) is 6.87. The van der Waals surface area contributed by atoms with E-state index in [1.54, 1.807) is 0 Å². The lowest BCUT2D eigenvalue weighted by molar-refractivity contribution is 0.857. The SMILES string of the molecule is NCCC1=CCCCC=CC=C1. The molecule has 0 bridgehead atoms. The Kier molecular flexibility index (Phi) is 4.47. The van der Waals surface area contributed by atoms with Gasteiger partial charge in [-0.05, 0) is 32.2 Å². The maximum atomic E-state index is 5.50. The first-order valence-electron chi connectivity index (χ1n) is 4.66. The molecular formula is C11H17N. The van der Waals surface area contributed by atoms with Crippen molar-refractivity contribution in [1.82, 2.24) is 0 Å². The van der Waals surface area contributed by atoms with E-state index < -0.39 is 0 Å². The maximum absolute atomic E-state index is 5.50. The molecule has 12 heavy (non-hydrogen) atoms.